The maximum atomic E-state index is 9.03. The SMILES string of the molecule is CCCNC(CSCC(C)CO)c1ccccc1. The van der Waals surface area contributed by atoms with Gasteiger partial charge in [-0.25, -0.2) is 0 Å². The first-order chi connectivity index (χ1) is 8.77. The van der Waals surface area contributed by atoms with Crippen LogP contribution in [-0.2, 0) is 0 Å². The number of aliphatic hydroxyl groups excluding tert-OH is 1. The van der Waals surface area contributed by atoms with Gasteiger partial charge in [-0.2, -0.15) is 11.8 Å². The van der Waals surface area contributed by atoms with E-state index in [0.717, 1.165) is 24.5 Å². The Balaban J connectivity index is 2.46. The predicted molar refractivity (Wildman–Crippen MR) is 81.1 cm³/mol. The summed E-state index contributed by atoms with van der Waals surface area (Å²) >= 11 is 1.92. The van der Waals surface area contributed by atoms with Gasteiger partial charge in [-0.05, 0) is 30.2 Å². The van der Waals surface area contributed by atoms with Crippen LogP contribution < -0.4 is 5.32 Å². The highest BCUT2D eigenvalue weighted by Gasteiger charge is 2.11. The van der Waals surface area contributed by atoms with Gasteiger partial charge in [0, 0.05) is 18.4 Å². The Morgan fingerprint density at radius 2 is 1.94 bits per heavy atom. The molecule has 0 heterocycles. The van der Waals surface area contributed by atoms with Crippen molar-refractivity contribution in [1.82, 2.24) is 5.32 Å². The third-order valence-electron chi connectivity index (χ3n) is 2.84. The molecule has 0 aromatic heterocycles. The van der Waals surface area contributed by atoms with Crippen LogP contribution in [-0.4, -0.2) is 29.8 Å². The summed E-state index contributed by atoms with van der Waals surface area (Å²) in [4.78, 5) is 0. The van der Waals surface area contributed by atoms with E-state index in [2.05, 4.69) is 49.5 Å². The van der Waals surface area contributed by atoms with Crippen LogP contribution in [0.3, 0.4) is 0 Å². The zero-order chi connectivity index (χ0) is 13.2. The lowest BCUT2D eigenvalue weighted by molar-refractivity contribution is 0.250. The van der Waals surface area contributed by atoms with Crippen molar-refractivity contribution in [2.45, 2.75) is 26.3 Å². The van der Waals surface area contributed by atoms with Crippen molar-refractivity contribution in [2.24, 2.45) is 5.92 Å². The second-order valence-electron chi connectivity index (χ2n) is 4.74. The molecular weight excluding hydrogens is 242 g/mol. The summed E-state index contributed by atoms with van der Waals surface area (Å²) in [6, 6.07) is 11.0. The molecule has 0 spiro atoms. The lowest BCUT2D eigenvalue weighted by Gasteiger charge is -2.19. The first kappa shape index (κ1) is 15.5. The van der Waals surface area contributed by atoms with E-state index >= 15 is 0 Å². The molecular formula is C15H25NOS. The van der Waals surface area contributed by atoms with Crippen molar-refractivity contribution in [3.05, 3.63) is 35.9 Å². The van der Waals surface area contributed by atoms with Crippen LogP contribution in [0, 0.1) is 5.92 Å². The quantitative estimate of drug-likeness (QED) is 0.721. The first-order valence-corrected chi connectivity index (χ1v) is 7.90. The molecule has 0 aliphatic heterocycles. The molecule has 1 rings (SSSR count). The molecule has 2 nitrogen and oxygen atoms in total. The average Bonchev–Trinajstić information content (AvgIpc) is 2.43. The van der Waals surface area contributed by atoms with Crippen LogP contribution in [0.5, 0.6) is 0 Å². The second kappa shape index (κ2) is 9.42. The number of thioether (sulfide) groups is 1. The van der Waals surface area contributed by atoms with Crippen molar-refractivity contribution in [3.63, 3.8) is 0 Å². The van der Waals surface area contributed by atoms with Gasteiger partial charge in [0.25, 0.3) is 0 Å². The fraction of sp³-hybridized carbons (Fsp3) is 0.600. The van der Waals surface area contributed by atoms with Crippen LogP contribution in [0.15, 0.2) is 30.3 Å². The zero-order valence-electron chi connectivity index (χ0n) is 11.4. The number of benzene rings is 1. The second-order valence-corrected chi connectivity index (χ2v) is 5.82. The summed E-state index contributed by atoms with van der Waals surface area (Å²) in [5.41, 5.74) is 1.36. The number of hydrogen-bond acceptors (Lipinski definition) is 3. The molecule has 102 valence electrons. The Kier molecular flexibility index (Phi) is 8.14. The molecule has 0 saturated heterocycles. The third kappa shape index (κ3) is 5.89. The highest BCUT2D eigenvalue weighted by molar-refractivity contribution is 7.99. The molecule has 2 N–H and O–H groups in total. The molecule has 2 atom stereocenters. The number of rotatable bonds is 9. The van der Waals surface area contributed by atoms with Crippen LogP contribution in [0.4, 0.5) is 0 Å². The predicted octanol–water partition coefficient (Wildman–Crippen LogP) is 3.09. The highest BCUT2D eigenvalue weighted by atomic mass is 32.2. The molecule has 0 aliphatic carbocycles. The lowest BCUT2D eigenvalue weighted by Crippen LogP contribution is -2.24. The van der Waals surface area contributed by atoms with Gasteiger partial charge in [0.1, 0.15) is 0 Å². The van der Waals surface area contributed by atoms with E-state index < -0.39 is 0 Å². The number of hydrogen-bond donors (Lipinski definition) is 2. The van der Waals surface area contributed by atoms with Gasteiger partial charge >= 0.3 is 0 Å². The molecule has 0 saturated carbocycles. The molecule has 0 aliphatic rings. The van der Waals surface area contributed by atoms with Gasteiger partial charge in [0.2, 0.25) is 0 Å². The Bertz CT molecular complexity index is 305. The van der Waals surface area contributed by atoms with Gasteiger partial charge in [-0.15, -0.1) is 0 Å². The van der Waals surface area contributed by atoms with Crippen molar-refractivity contribution in [3.8, 4) is 0 Å². The molecule has 1 aromatic rings. The molecule has 2 unspecified atom stereocenters. The summed E-state index contributed by atoms with van der Waals surface area (Å²) in [5, 5.41) is 12.6. The van der Waals surface area contributed by atoms with Crippen LogP contribution in [0.2, 0.25) is 0 Å². The van der Waals surface area contributed by atoms with Crippen molar-refractivity contribution in [2.75, 3.05) is 24.7 Å². The molecule has 18 heavy (non-hydrogen) atoms. The van der Waals surface area contributed by atoms with E-state index in [-0.39, 0.29) is 6.61 Å². The van der Waals surface area contributed by atoms with E-state index in [9.17, 15) is 0 Å². The molecule has 0 amide bonds. The topological polar surface area (TPSA) is 32.3 Å². The van der Waals surface area contributed by atoms with Gasteiger partial charge < -0.3 is 10.4 Å². The normalized spacial score (nSPS) is 14.4. The average molecular weight is 267 g/mol. The zero-order valence-corrected chi connectivity index (χ0v) is 12.2. The van der Waals surface area contributed by atoms with E-state index in [0.29, 0.717) is 12.0 Å². The van der Waals surface area contributed by atoms with E-state index in [1.54, 1.807) is 0 Å². The summed E-state index contributed by atoms with van der Waals surface area (Å²) in [7, 11) is 0. The monoisotopic (exact) mass is 267 g/mol. The van der Waals surface area contributed by atoms with Gasteiger partial charge in [0.15, 0.2) is 0 Å². The van der Waals surface area contributed by atoms with Gasteiger partial charge in [-0.3, -0.25) is 0 Å². The standard InChI is InChI=1S/C15H25NOS/c1-3-9-16-15(12-18-11-13(2)10-17)14-7-5-4-6-8-14/h4-8,13,15-17H,3,9-12H2,1-2H3. The maximum absolute atomic E-state index is 9.03. The van der Waals surface area contributed by atoms with Crippen molar-refractivity contribution < 1.29 is 5.11 Å². The minimum Gasteiger partial charge on any atom is -0.396 e. The third-order valence-corrected chi connectivity index (χ3v) is 4.22. The Labute approximate surface area is 115 Å². The minimum absolute atomic E-state index is 0.283. The van der Waals surface area contributed by atoms with Crippen molar-refractivity contribution in [1.29, 1.82) is 0 Å². The summed E-state index contributed by atoms with van der Waals surface area (Å²) in [6.07, 6.45) is 1.15. The van der Waals surface area contributed by atoms with E-state index in [1.807, 2.05) is 11.8 Å². The molecule has 0 radical (unpaired) electrons. The smallest absolute Gasteiger partial charge is 0.0464 e. The van der Waals surface area contributed by atoms with Crippen LogP contribution in [0.1, 0.15) is 31.9 Å². The molecule has 0 fully saturated rings. The number of nitrogens with one attached hydrogen (secondary N) is 1. The first-order valence-electron chi connectivity index (χ1n) is 6.74. The fourth-order valence-corrected chi connectivity index (χ4v) is 2.91. The highest BCUT2D eigenvalue weighted by Crippen LogP contribution is 2.19. The largest absolute Gasteiger partial charge is 0.396 e. The fourth-order valence-electron chi connectivity index (χ4n) is 1.72. The van der Waals surface area contributed by atoms with Crippen LogP contribution in [0.25, 0.3) is 0 Å². The Hall–Kier alpha value is -0.510. The molecule has 0 bridgehead atoms. The Morgan fingerprint density at radius 3 is 2.56 bits per heavy atom. The molecule has 1 aromatic carbocycles. The Morgan fingerprint density at radius 1 is 1.22 bits per heavy atom. The van der Waals surface area contributed by atoms with Gasteiger partial charge in [0.05, 0.1) is 0 Å². The van der Waals surface area contributed by atoms with Crippen molar-refractivity contribution >= 4 is 11.8 Å². The van der Waals surface area contributed by atoms with Crippen LogP contribution >= 0.6 is 11.8 Å². The van der Waals surface area contributed by atoms with E-state index in [4.69, 9.17) is 5.11 Å². The lowest BCUT2D eigenvalue weighted by atomic mass is 10.1. The minimum atomic E-state index is 0.283. The van der Waals surface area contributed by atoms with E-state index in [1.165, 1.54) is 5.56 Å². The maximum Gasteiger partial charge on any atom is 0.0464 e. The summed E-state index contributed by atoms with van der Waals surface area (Å²) in [6.45, 7) is 5.61. The summed E-state index contributed by atoms with van der Waals surface area (Å²) in [5.74, 6) is 2.47. The number of aliphatic hydroxyl groups is 1. The van der Waals surface area contributed by atoms with Gasteiger partial charge in [-0.1, -0.05) is 44.2 Å². The molecule has 3 heteroatoms. The summed E-state index contributed by atoms with van der Waals surface area (Å²) < 4.78 is 0.